The molecule has 4 aromatic rings. The van der Waals surface area contributed by atoms with Gasteiger partial charge in [-0.1, -0.05) is 0 Å². The van der Waals surface area contributed by atoms with Gasteiger partial charge in [0.15, 0.2) is 16.7 Å². The molecule has 0 spiro atoms. The summed E-state index contributed by atoms with van der Waals surface area (Å²) in [6.07, 6.45) is 6.53. The van der Waals surface area contributed by atoms with E-state index in [0.29, 0.717) is 27.8 Å². The molecule has 1 aromatic carbocycles. The Balaban J connectivity index is 1.47. The highest BCUT2D eigenvalue weighted by Gasteiger charge is 2.12. The minimum atomic E-state index is -0.470. The van der Waals surface area contributed by atoms with E-state index < -0.39 is 5.82 Å². The minimum absolute atomic E-state index is 0.166. The lowest BCUT2D eigenvalue weighted by Gasteiger charge is -2.04. The van der Waals surface area contributed by atoms with E-state index in [2.05, 4.69) is 20.3 Å². The van der Waals surface area contributed by atoms with E-state index in [1.165, 1.54) is 36.8 Å². The highest BCUT2D eigenvalue weighted by molar-refractivity contribution is 7.14. The van der Waals surface area contributed by atoms with Crippen molar-refractivity contribution in [2.75, 3.05) is 12.4 Å². The van der Waals surface area contributed by atoms with Gasteiger partial charge in [0.05, 0.1) is 18.4 Å². The van der Waals surface area contributed by atoms with E-state index >= 15 is 0 Å². The second-order valence-corrected chi connectivity index (χ2v) is 6.57. The number of benzene rings is 1. The van der Waals surface area contributed by atoms with Crippen molar-refractivity contribution in [1.82, 2.24) is 19.5 Å². The number of carbonyl (C=O) groups excluding carboxylic acids is 1. The number of aromatic nitrogens is 4. The Hall–Kier alpha value is -3.59. The summed E-state index contributed by atoms with van der Waals surface area (Å²) < 4.78 is 20.5. The normalized spacial score (nSPS) is 10.6. The van der Waals surface area contributed by atoms with E-state index in [4.69, 9.17) is 4.74 Å². The molecule has 0 aliphatic heterocycles. The third-order valence-corrected chi connectivity index (χ3v) is 4.71. The molecule has 1 amide bonds. The Labute approximate surface area is 163 Å². The lowest BCUT2D eigenvalue weighted by Crippen LogP contribution is -2.12. The van der Waals surface area contributed by atoms with Crippen LogP contribution in [0.3, 0.4) is 0 Å². The van der Waals surface area contributed by atoms with Gasteiger partial charge >= 0.3 is 0 Å². The summed E-state index contributed by atoms with van der Waals surface area (Å²) in [5, 5.41) is 4.89. The number of halogens is 1. The molecule has 3 aromatic heterocycles. The summed E-state index contributed by atoms with van der Waals surface area (Å²) in [5.41, 5.74) is 1.56. The fourth-order valence-electron chi connectivity index (χ4n) is 2.53. The van der Waals surface area contributed by atoms with Crippen LogP contribution in [0.5, 0.6) is 5.75 Å². The molecule has 0 aliphatic carbocycles. The van der Waals surface area contributed by atoms with E-state index in [9.17, 15) is 9.18 Å². The van der Waals surface area contributed by atoms with Gasteiger partial charge < -0.3 is 4.74 Å². The largest absolute Gasteiger partial charge is 0.494 e. The molecule has 9 heteroatoms. The number of thiazole rings is 1. The summed E-state index contributed by atoms with van der Waals surface area (Å²) in [6, 6.07) is 7.99. The van der Waals surface area contributed by atoms with Crippen LogP contribution in [0.4, 0.5) is 9.52 Å². The number of nitrogens with zero attached hydrogens (tertiary/aromatic N) is 4. The van der Waals surface area contributed by atoms with Crippen molar-refractivity contribution >= 4 is 22.4 Å². The molecule has 3 heterocycles. The summed E-state index contributed by atoms with van der Waals surface area (Å²) in [4.78, 5) is 25.0. The second-order valence-electron chi connectivity index (χ2n) is 5.72. The number of ether oxygens (including phenoxy) is 1. The lowest BCUT2D eigenvalue weighted by atomic mass is 10.1. The maximum absolute atomic E-state index is 13.9. The van der Waals surface area contributed by atoms with Gasteiger partial charge in [0.1, 0.15) is 12.1 Å². The number of carbonyl (C=O) groups is 1. The van der Waals surface area contributed by atoms with Gasteiger partial charge in [0.25, 0.3) is 5.91 Å². The summed E-state index contributed by atoms with van der Waals surface area (Å²) in [6.45, 7) is 0. The Morgan fingerprint density at radius 2 is 2.18 bits per heavy atom. The fourth-order valence-corrected chi connectivity index (χ4v) is 3.24. The SMILES string of the molecule is COc1ccc(-c2csc(NC(=O)c3ccc(-n4ccnc4)nc3)n2)cc1F. The van der Waals surface area contributed by atoms with Crippen molar-refractivity contribution in [3.05, 3.63) is 72.0 Å². The van der Waals surface area contributed by atoms with Crippen molar-refractivity contribution in [3.63, 3.8) is 0 Å². The minimum Gasteiger partial charge on any atom is -0.494 e. The number of methoxy groups -OCH3 is 1. The van der Waals surface area contributed by atoms with Crippen LogP contribution < -0.4 is 10.1 Å². The molecule has 7 nitrogen and oxygen atoms in total. The van der Waals surface area contributed by atoms with Gasteiger partial charge in [-0.15, -0.1) is 11.3 Å². The van der Waals surface area contributed by atoms with Crippen LogP contribution in [-0.4, -0.2) is 32.5 Å². The third kappa shape index (κ3) is 3.60. The predicted molar refractivity (Wildman–Crippen MR) is 103 cm³/mol. The van der Waals surface area contributed by atoms with E-state index in [1.807, 2.05) is 0 Å². The zero-order valence-electron chi connectivity index (χ0n) is 14.7. The molecule has 0 bridgehead atoms. The topological polar surface area (TPSA) is 81.9 Å². The summed E-state index contributed by atoms with van der Waals surface area (Å²) in [7, 11) is 1.41. The van der Waals surface area contributed by atoms with Gasteiger partial charge in [-0.05, 0) is 30.3 Å². The Kier molecular flexibility index (Phi) is 4.81. The Morgan fingerprint density at radius 3 is 2.86 bits per heavy atom. The molecule has 28 heavy (non-hydrogen) atoms. The monoisotopic (exact) mass is 395 g/mol. The molecule has 0 atom stereocenters. The van der Waals surface area contributed by atoms with Crippen molar-refractivity contribution in [2.45, 2.75) is 0 Å². The van der Waals surface area contributed by atoms with Crippen LogP contribution in [0.1, 0.15) is 10.4 Å². The van der Waals surface area contributed by atoms with Crippen LogP contribution in [0.25, 0.3) is 17.1 Å². The third-order valence-electron chi connectivity index (χ3n) is 3.95. The second kappa shape index (κ2) is 7.57. The van der Waals surface area contributed by atoms with Gasteiger partial charge in [0.2, 0.25) is 0 Å². The van der Waals surface area contributed by atoms with Crippen LogP contribution in [-0.2, 0) is 0 Å². The van der Waals surface area contributed by atoms with Crippen molar-refractivity contribution < 1.29 is 13.9 Å². The zero-order chi connectivity index (χ0) is 19.5. The van der Waals surface area contributed by atoms with Crippen LogP contribution in [0, 0.1) is 5.82 Å². The smallest absolute Gasteiger partial charge is 0.259 e. The number of imidazole rings is 1. The molecule has 0 saturated carbocycles. The predicted octanol–water partition coefficient (Wildman–Crippen LogP) is 3.79. The molecule has 0 fully saturated rings. The maximum atomic E-state index is 13.9. The van der Waals surface area contributed by atoms with Crippen LogP contribution >= 0.6 is 11.3 Å². The van der Waals surface area contributed by atoms with E-state index in [0.717, 1.165) is 0 Å². The molecule has 140 valence electrons. The summed E-state index contributed by atoms with van der Waals surface area (Å²) >= 11 is 1.25. The Morgan fingerprint density at radius 1 is 1.29 bits per heavy atom. The first-order valence-electron chi connectivity index (χ1n) is 8.19. The van der Waals surface area contributed by atoms with Crippen molar-refractivity contribution in [1.29, 1.82) is 0 Å². The quantitative estimate of drug-likeness (QED) is 0.556. The number of hydrogen-bond donors (Lipinski definition) is 1. The number of nitrogens with one attached hydrogen (secondary N) is 1. The number of pyridine rings is 1. The van der Waals surface area contributed by atoms with E-state index in [1.54, 1.807) is 46.9 Å². The maximum Gasteiger partial charge on any atom is 0.259 e. The van der Waals surface area contributed by atoms with Gasteiger partial charge in [-0.3, -0.25) is 14.7 Å². The van der Waals surface area contributed by atoms with Gasteiger partial charge in [0, 0.05) is 29.5 Å². The first-order chi connectivity index (χ1) is 13.6. The molecule has 0 saturated heterocycles. The molecule has 0 aliphatic rings. The average Bonchev–Trinajstić information content (AvgIpc) is 3.40. The fraction of sp³-hybridized carbons (Fsp3) is 0.0526. The van der Waals surface area contributed by atoms with Gasteiger partial charge in [-0.25, -0.2) is 19.3 Å². The molecule has 0 unspecified atom stereocenters. The number of amides is 1. The lowest BCUT2D eigenvalue weighted by molar-refractivity contribution is 0.102. The van der Waals surface area contributed by atoms with Crippen molar-refractivity contribution in [3.8, 4) is 22.8 Å². The number of hydrogen-bond acceptors (Lipinski definition) is 6. The molecular weight excluding hydrogens is 381 g/mol. The summed E-state index contributed by atoms with van der Waals surface area (Å²) in [5.74, 6) is 0.0281. The van der Waals surface area contributed by atoms with E-state index in [-0.39, 0.29) is 11.7 Å². The first kappa shape index (κ1) is 17.8. The molecular formula is C19H14FN5O2S. The Bertz CT molecular complexity index is 1110. The molecule has 0 radical (unpaired) electrons. The van der Waals surface area contributed by atoms with Crippen molar-refractivity contribution in [2.24, 2.45) is 0 Å². The van der Waals surface area contributed by atoms with Crippen LogP contribution in [0.15, 0.2) is 60.6 Å². The molecule has 1 N–H and O–H groups in total. The molecule has 4 rings (SSSR count). The van der Waals surface area contributed by atoms with Gasteiger partial charge in [-0.2, -0.15) is 0 Å². The highest BCUT2D eigenvalue weighted by atomic mass is 32.1. The number of anilines is 1. The highest BCUT2D eigenvalue weighted by Crippen LogP contribution is 2.28. The van der Waals surface area contributed by atoms with Crippen LogP contribution in [0.2, 0.25) is 0 Å². The number of rotatable bonds is 5. The standard InChI is InChI=1S/C19H14FN5O2S/c1-27-16-4-2-12(8-14(16)20)15-10-28-19(23-15)24-18(26)13-3-5-17(22-9-13)25-7-6-21-11-25/h2-11H,1H3,(H,23,24,26). The average molecular weight is 395 g/mol. The first-order valence-corrected chi connectivity index (χ1v) is 9.07. The zero-order valence-corrected chi connectivity index (χ0v) is 15.5.